The van der Waals surface area contributed by atoms with E-state index in [0.717, 1.165) is 11.3 Å². The van der Waals surface area contributed by atoms with Crippen molar-refractivity contribution in [3.63, 3.8) is 0 Å². The number of rotatable bonds is 6. The Morgan fingerprint density at radius 1 is 0.926 bits per heavy atom. The molecule has 0 saturated heterocycles. The van der Waals surface area contributed by atoms with Crippen LogP contribution in [-0.4, -0.2) is 10.8 Å². The van der Waals surface area contributed by atoms with Gasteiger partial charge in [-0.25, -0.2) is 0 Å². The molecule has 1 N–H and O–H groups in total. The topological polar surface area (TPSA) is 81.5 Å². The fourth-order valence-electron chi connectivity index (χ4n) is 2.36. The Morgan fingerprint density at radius 2 is 1.67 bits per heavy atom. The summed E-state index contributed by atoms with van der Waals surface area (Å²) in [6, 6.07) is 22.5. The minimum absolute atomic E-state index is 0.0810. The first kappa shape index (κ1) is 17.9. The van der Waals surface area contributed by atoms with Gasteiger partial charge in [0.25, 0.3) is 5.69 Å². The van der Waals surface area contributed by atoms with Gasteiger partial charge in [-0.1, -0.05) is 36.4 Å². The lowest BCUT2D eigenvalue weighted by Crippen LogP contribution is -2.07. The number of nitrogens with zero attached hydrogens (tertiary/aromatic N) is 1. The fraction of sp³-hybridized carbons (Fsp3) is 0. The first-order valence-electron chi connectivity index (χ1n) is 8.17. The Kier molecular flexibility index (Phi) is 5.59. The van der Waals surface area contributed by atoms with Crippen molar-refractivity contribution in [2.45, 2.75) is 0 Å². The average molecular weight is 360 g/mol. The van der Waals surface area contributed by atoms with Gasteiger partial charge in [-0.2, -0.15) is 0 Å². The normalized spacial score (nSPS) is 10.5. The second-order valence-corrected chi connectivity index (χ2v) is 5.62. The van der Waals surface area contributed by atoms with Crippen LogP contribution in [0.25, 0.3) is 6.08 Å². The third-order valence-electron chi connectivity index (χ3n) is 3.59. The molecule has 27 heavy (non-hydrogen) atoms. The van der Waals surface area contributed by atoms with Crippen molar-refractivity contribution in [1.82, 2.24) is 0 Å². The molecular formula is C21H16N2O4. The highest BCUT2D eigenvalue weighted by molar-refractivity contribution is 6.02. The number of nitrogens with one attached hydrogen (secondary N) is 1. The summed E-state index contributed by atoms with van der Waals surface area (Å²) in [6.07, 6.45) is 3.00. The zero-order valence-electron chi connectivity index (χ0n) is 14.2. The van der Waals surface area contributed by atoms with Crippen LogP contribution >= 0.6 is 0 Å². The summed E-state index contributed by atoms with van der Waals surface area (Å²) in [5, 5.41) is 13.4. The van der Waals surface area contributed by atoms with E-state index in [4.69, 9.17) is 4.74 Å². The first-order chi connectivity index (χ1) is 13.1. The number of ether oxygens (including phenoxy) is 1. The van der Waals surface area contributed by atoms with Crippen molar-refractivity contribution in [1.29, 1.82) is 0 Å². The first-order valence-corrected chi connectivity index (χ1v) is 8.17. The highest BCUT2D eigenvalue weighted by Crippen LogP contribution is 2.22. The van der Waals surface area contributed by atoms with Gasteiger partial charge in [0.15, 0.2) is 0 Å². The van der Waals surface area contributed by atoms with E-state index in [1.54, 1.807) is 12.1 Å². The minimum Gasteiger partial charge on any atom is -0.457 e. The van der Waals surface area contributed by atoms with Crippen LogP contribution in [0, 0.1) is 10.1 Å². The van der Waals surface area contributed by atoms with E-state index in [-0.39, 0.29) is 11.6 Å². The smallest absolute Gasteiger partial charge is 0.271 e. The summed E-state index contributed by atoms with van der Waals surface area (Å²) in [5.41, 5.74) is 1.07. The Hall–Kier alpha value is -3.93. The molecule has 0 heterocycles. The molecule has 0 aliphatic rings. The van der Waals surface area contributed by atoms with Crippen LogP contribution in [0.4, 0.5) is 11.4 Å². The van der Waals surface area contributed by atoms with Crippen molar-refractivity contribution in [3.8, 4) is 11.5 Å². The summed E-state index contributed by atoms with van der Waals surface area (Å²) in [6.45, 7) is 0. The van der Waals surface area contributed by atoms with Crippen LogP contribution in [0.2, 0.25) is 0 Å². The number of nitro benzene ring substituents is 1. The standard InChI is InChI=1S/C21H16N2O4/c24-21(22-17-7-5-8-18(15-17)23(25)26)13-12-16-6-4-11-20(14-16)27-19-9-2-1-3-10-19/h1-15H,(H,22,24)/b13-12+. The second-order valence-electron chi connectivity index (χ2n) is 5.62. The zero-order chi connectivity index (χ0) is 19.1. The number of amides is 1. The predicted octanol–water partition coefficient (Wildman–Crippen LogP) is 5.04. The molecule has 6 heteroatoms. The number of nitro groups is 1. The molecule has 0 unspecified atom stereocenters. The monoisotopic (exact) mass is 360 g/mol. The van der Waals surface area contributed by atoms with Crippen LogP contribution in [0.1, 0.15) is 5.56 Å². The van der Waals surface area contributed by atoms with Gasteiger partial charge in [-0.15, -0.1) is 0 Å². The molecular weight excluding hydrogens is 344 g/mol. The van der Waals surface area contributed by atoms with E-state index >= 15 is 0 Å². The predicted molar refractivity (Wildman–Crippen MR) is 104 cm³/mol. The van der Waals surface area contributed by atoms with Gasteiger partial charge < -0.3 is 10.1 Å². The molecule has 1 amide bonds. The van der Waals surface area contributed by atoms with Crippen LogP contribution in [-0.2, 0) is 4.79 Å². The van der Waals surface area contributed by atoms with Gasteiger partial charge in [-0.05, 0) is 42.0 Å². The van der Waals surface area contributed by atoms with Crippen molar-refractivity contribution < 1.29 is 14.5 Å². The maximum absolute atomic E-state index is 12.0. The molecule has 3 aromatic carbocycles. The number of non-ortho nitro benzene ring substituents is 1. The van der Waals surface area contributed by atoms with Crippen molar-refractivity contribution in [3.05, 3.63) is 101 Å². The Balaban J connectivity index is 1.65. The summed E-state index contributed by atoms with van der Waals surface area (Å²) in [4.78, 5) is 22.3. The molecule has 0 saturated carbocycles. The third-order valence-corrected chi connectivity index (χ3v) is 3.59. The number of anilines is 1. The van der Waals surface area contributed by atoms with Crippen LogP contribution in [0.5, 0.6) is 11.5 Å². The molecule has 3 rings (SSSR count). The zero-order valence-corrected chi connectivity index (χ0v) is 14.2. The average Bonchev–Trinajstić information content (AvgIpc) is 2.68. The number of carbonyl (C=O) groups excluding carboxylic acids is 1. The third kappa shape index (κ3) is 5.27. The molecule has 6 nitrogen and oxygen atoms in total. The SMILES string of the molecule is O=C(/C=C/c1cccc(Oc2ccccc2)c1)Nc1cccc([N+](=O)[O-])c1. The van der Waals surface area contributed by atoms with Crippen LogP contribution < -0.4 is 10.1 Å². The molecule has 0 bridgehead atoms. The molecule has 0 atom stereocenters. The minimum atomic E-state index is -0.510. The lowest BCUT2D eigenvalue weighted by atomic mass is 10.2. The van der Waals surface area contributed by atoms with Gasteiger partial charge >= 0.3 is 0 Å². The highest BCUT2D eigenvalue weighted by Gasteiger charge is 2.06. The lowest BCUT2D eigenvalue weighted by Gasteiger charge is -2.06. The molecule has 0 aromatic heterocycles. The Labute approximate surface area is 155 Å². The Bertz CT molecular complexity index is 984. The second kappa shape index (κ2) is 8.44. The molecule has 0 aliphatic heterocycles. The number of para-hydroxylation sites is 1. The van der Waals surface area contributed by atoms with Crippen LogP contribution in [0.3, 0.4) is 0 Å². The summed E-state index contributed by atoms with van der Waals surface area (Å²) in [7, 11) is 0. The summed E-state index contributed by atoms with van der Waals surface area (Å²) in [5.74, 6) is 0.995. The number of carbonyl (C=O) groups is 1. The van der Waals surface area contributed by atoms with E-state index in [1.165, 1.54) is 24.3 Å². The van der Waals surface area contributed by atoms with E-state index in [2.05, 4.69) is 5.32 Å². The number of hydrogen-bond acceptors (Lipinski definition) is 4. The summed E-state index contributed by atoms with van der Waals surface area (Å²) >= 11 is 0. The largest absolute Gasteiger partial charge is 0.457 e. The van der Waals surface area contributed by atoms with Crippen molar-refractivity contribution >= 4 is 23.4 Å². The van der Waals surface area contributed by atoms with E-state index in [1.807, 2.05) is 54.6 Å². The molecule has 0 radical (unpaired) electrons. The number of benzene rings is 3. The fourth-order valence-corrected chi connectivity index (χ4v) is 2.36. The van der Waals surface area contributed by atoms with Crippen molar-refractivity contribution in [2.24, 2.45) is 0 Å². The van der Waals surface area contributed by atoms with Crippen LogP contribution in [0.15, 0.2) is 84.9 Å². The molecule has 0 aliphatic carbocycles. The van der Waals surface area contributed by atoms with Gasteiger partial charge in [0, 0.05) is 23.9 Å². The molecule has 3 aromatic rings. The maximum atomic E-state index is 12.0. The van der Waals surface area contributed by atoms with Gasteiger partial charge in [0.1, 0.15) is 11.5 Å². The number of hydrogen-bond donors (Lipinski definition) is 1. The maximum Gasteiger partial charge on any atom is 0.271 e. The molecule has 134 valence electrons. The molecule has 0 fully saturated rings. The summed E-state index contributed by atoms with van der Waals surface area (Å²) < 4.78 is 5.76. The lowest BCUT2D eigenvalue weighted by molar-refractivity contribution is -0.384. The van der Waals surface area contributed by atoms with E-state index < -0.39 is 4.92 Å². The Morgan fingerprint density at radius 3 is 2.44 bits per heavy atom. The quantitative estimate of drug-likeness (QED) is 0.379. The van der Waals surface area contributed by atoms with Gasteiger partial charge in [0.2, 0.25) is 5.91 Å². The van der Waals surface area contributed by atoms with E-state index in [0.29, 0.717) is 11.4 Å². The van der Waals surface area contributed by atoms with Gasteiger partial charge in [0.05, 0.1) is 4.92 Å². The highest BCUT2D eigenvalue weighted by atomic mass is 16.6. The van der Waals surface area contributed by atoms with Gasteiger partial charge in [-0.3, -0.25) is 14.9 Å². The molecule has 0 spiro atoms. The van der Waals surface area contributed by atoms with Crippen molar-refractivity contribution in [2.75, 3.05) is 5.32 Å². The van der Waals surface area contributed by atoms with E-state index in [9.17, 15) is 14.9 Å².